The summed E-state index contributed by atoms with van der Waals surface area (Å²) in [5.74, 6) is -2.53. The number of fused-ring (bicyclic) bond motifs is 1. The Morgan fingerprint density at radius 1 is 1.13 bits per heavy atom. The number of thiophene rings is 1. The molecule has 38 heavy (non-hydrogen) atoms. The van der Waals surface area contributed by atoms with Crippen molar-refractivity contribution in [3.8, 4) is 10.4 Å². The summed E-state index contributed by atoms with van der Waals surface area (Å²) in [6.07, 6.45) is -6.01. The molecule has 15 heteroatoms. The zero-order valence-electron chi connectivity index (χ0n) is 19.5. The van der Waals surface area contributed by atoms with Crippen molar-refractivity contribution < 1.29 is 31.6 Å². The first-order valence-electron chi connectivity index (χ1n) is 10.8. The Bertz CT molecular complexity index is 1680. The molecule has 0 fully saturated rings. The van der Waals surface area contributed by atoms with Crippen LogP contribution in [0.15, 0.2) is 64.0 Å². The second-order valence-electron chi connectivity index (χ2n) is 8.11. The molecule has 0 amide bonds. The van der Waals surface area contributed by atoms with Gasteiger partial charge in [0.05, 0.1) is 18.6 Å². The lowest BCUT2D eigenvalue weighted by Crippen LogP contribution is -2.38. The van der Waals surface area contributed by atoms with Crippen molar-refractivity contribution in [3.05, 3.63) is 85.7 Å². The molecule has 3 heterocycles. The summed E-state index contributed by atoms with van der Waals surface area (Å²) < 4.78 is 66.3. The highest BCUT2D eigenvalue weighted by molar-refractivity contribution is 7.15. The van der Waals surface area contributed by atoms with Crippen LogP contribution < -0.4 is 21.8 Å². The van der Waals surface area contributed by atoms with E-state index >= 15 is 0 Å². The maximum Gasteiger partial charge on any atom is 0.493 e. The van der Waals surface area contributed by atoms with E-state index in [2.05, 4.69) is 9.94 Å². The van der Waals surface area contributed by atoms with Gasteiger partial charge in [-0.1, -0.05) is 0 Å². The minimum Gasteiger partial charge on any atom is -0.327 e. The minimum absolute atomic E-state index is 0.00482. The van der Waals surface area contributed by atoms with Crippen molar-refractivity contribution in [2.24, 2.45) is 5.73 Å². The lowest BCUT2D eigenvalue weighted by Gasteiger charge is -2.13. The van der Waals surface area contributed by atoms with Gasteiger partial charge in [-0.2, -0.15) is 27.1 Å². The van der Waals surface area contributed by atoms with E-state index in [9.17, 15) is 36.3 Å². The molecule has 200 valence electrons. The molecule has 0 aliphatic rings. The number of carbonyl (C=O) groups is 1. The normalized spacial score (nSPS) is 11.7. The predicted molar refractivity (Wildman–Crippen MR) is 128 cm³/mol. The molecule has 3 aromatic heterocycles. The van der Waals surface area contributed by atoms with Crippen LogP contribution in [0.4, 0.5) is 22.0 Å². The number of nitrogens with zero attached hydrogens (tertiary/aromatic N) is 4. The summed E-state index contributed by atoms with van der Waals surface area (Å²) in [5, 5.41) is 4.21. The fourth-order valence-corrected chi connectivity index (χ4v) is 4.67. The average Bonchev–Trinajstić information content (AvgIpc) is 3.45. The Balaban J connectivity index is 1.62. The van der Waals surface area contributed by atoms with E-state index in [-0.39, 0.29) is 12.1 Å². The van der Waals surface area contributed by atoms with E-state index in [0.717, 1.165) is 20.5 Å². The van der Waals surface area contributed by atoms with E-state index in [1.165, 1.54) is 28.3 Å². The summed E-state index contributed by atoms with van der Waals surface area (Å²) in [4.78, 5) is 41.8. The quantitative estimate of drug-likeness (QED) is 0.351. The van der Waals surface area contributed by atoms with Gasteiger partial charge >= 0.3 is 17.8 Å². The fourth-order valence-electron chi connectivity index (χ4n) is 3.67. The van der Waals surface area contributed by atoms with E-state index in [0.29, 0.717) is 21.2 Å². The number of hydrogen-bond donors (Lipinski definition) is 1. The molecule has 9 nitrogen and oxygen atoms in total. The molecule has 1 aromatic carbocycles. The standard InChI is InChI=1S/C23H18F5N5O4S/c1-12-6-14(7-13-2-5-18(34)33(19(12)13)37-21(35)23(26,27)28)17-4-3-16(38-17)10-31-11-30-32(22(31)36)9-15(8-29)20(24)25/h2-7,11H,8-10,29H2,1H3. The second-order valence-corrected chi connectivity index (χ2v) is 9.27. The van der Waals surface area contributed by atoms with Crippen LogP contribution in [0.2, 0.25) is 0 Å². The van der Waals surface area contributed by atoms with E-state index in [1.807, 2.05) is 0 Å². The molecular formula is C23H18F5N5O4S. The third-order valence-electron chi connectivity index (χ3n) is 5.47. The molecule has 0 aliphatic carbocycles. The van der Waals surface area contributed by atoms with E-state index in [4.69, 9.17) is 5.73 Å². The Kier molecular flexibility index (Phi) is 7.33. The number of aromatic nitrogens is 4. The van der Waals surface area contributed by atoms with Crippen molar-refractivity contribution in [1.82, 2.24) is 19.1 Å². The first-order chi connectivity index (χ1) is 17.9. The molecule has 0 saturated carbocycles. The molecule has 0 radical (unpaired) electrons. The Hall–Kier alpha value is -4.11. The minimum atomic E-state index is -5.28. The molecule has 4 aromatic rings. The number of halogens is 5. The van der Waals surface area contributed by atoms with Gasteiger partial charge in [-0.3, -0.25) is 9.36 Å². The summed E-state index contributed by atoms with van der Waals surface area (Å²) >= 11 is 1.31. The van der Waals surface area contributed by atoms with E-state index in [1.54, 1.807) is 31.2 Å². The number of nitrogens with two attached hydrogens (primary N) is 1. The van der Waals surface area contributed by atoms with Crippen molar-refractivity contribution in [2.75, 3.05) is 6.54 Å². The first kappa shape index (κ1) is 26.9. The topological polar surface area (TPSA) is 114 Å². The van der Waals surface area contributed by atoms with Gasteiger partial charge < -0.3 is 10.6 Å². The van der Waals surface area contributed by atoms with Gasteiger partial charge in [-0.15, -0.1) is 16.1 Å². The van der Waals surface area contributed by atoms with Gasteiger partial charge in [-0.25, -0.2) is 14.3 Å². The smallest absolute Gasteiger partial charge is 0.327 e. The Labute approximate surface area is 213 Å². The number of aryl methyl sites for hydroxylation is 1. The summed E-state index contributed by atoms with van der Waals surface area (Å²) in [5.41, 5.74) is 4.39. The largest absolute Gasteiger partial charge is 0.493 e. The fraction of sp³-hybridized carbons (Fsp3) is 0.217. The Morgan fingerprint density at radius 2 is 1.87 bits per heavy atom. The second kappa shape index (κ2) is 10.3. The zero-order chi connectivity index (χ0) is 27.8. The van der Waals surface area contributed by atoms with Gasteiger partial charge in [0, 0.05) is 33.3 Å². The highest BCUT2D eigenvalue weighted by Gasteiger charge is 2.42. The lowest BCUT2D eigenvalue weighted by molar-refractivity contribution is -0.199. The van der Waals surface area contributed by atoms with Crippen molar-refractivity contribution >= 4 is 28.2 Å². The monoisotopic (exact) mass is 555 g/mol. The highest BCUT2D eigenvalue weighted by atomic mass is 32.1. The molecule has 0 unspecified atom stereocenters. The lowest BCUT2D eigenvalue weighted by atomic mass is 10.0. The maximum atomic E-state index is 12.9. The van der Waals surface area contributed by atoms with Gasteiger partial charge in [0.15, 0.2) is 0 Å². The van der Waals surface area contributed by atoms with Gasteiger partial charge in [0.25, 0.3) is 11.6 Å². The maximum absolute atomic E-state index is 12.9. The SMILES string of the molecule is Cc1cc(-c2ccc(Cn3cnn(CC(CN)=C(F)F)c3=O)s2)cc2ccc(=O)n(OC(=O)C(F)(F)F)c12. The van der Waals surface area contributed by atoms with Crippen LogP contribution >= 0.6 is 11.3 Å². The van der Waals surface area contributed by atoms with Crippen LogP contribution in [-0.4, -0.2) is 37.8 Å². The molecule has 2 N–H and O–H groups in total. The number of rotatable bonds is 7. The summed E-state index contributed by atoms with van der Waals surface area (Å²) in [6, 6.07) is 9.14. The number of benzene rings is 1. The molecule has 0 aliphatic heterocycles. The van der Waals surface area contributed by atoms with Crippen LogP contribution in [-0.2, 0) is 17.9 Å². The third-order valence-corrected chi connectivity index (χ3v) is 6.59. The predicted octanol–water partition coefficient (Wildman–Crippen LogP) is 3.07. The van der Waals surface area contributed by atoms with Gasteiger partial charge in [-0.05, 0) is 48.4 Å². The van der Waals surface area contributed by atoms with E-state index < -0.39 is 48.1 Å². The van der Waals surface area contributed by atoms with Crippen molar-refractivity contribution in [3.63, 3.8) is 0 Å². The van der Waals surface area contributed by atoms with Crippen LogP contribution in [0.1, 0.15) is 10.4 Å². The van der Waals surface area contributed by atoms with Crippen LogP contribution in [0.25, 0.3) is 21.3 Å². The number of hydrogen-bond acceptors (Lipinski definition) is 7. The number of alkyl halides is 3. The van der Waals surface area contributed by atoms with Crippen LogP contribution in [0.3, 0.4) is 0 Å². The summed E-state index contributed by atoms with van der Waals surface area (Å²) in [7, 11) is 0. The highest BCUT2D eigenvalue weighted by Crippen LogP contribution is 2.32. The number of carbonyl (C=O) groups excluding carboxylic acids is 1. The van der Waals surface area contributed by atoms with Gasteiger partial charge in [0.1, 0.15) is 6.33 Å². The molecular weight excluding hydrogens is 537 g/mol. The van der Waals surface area contributed by atoms with Gasteiger partial charge in [0.2, 0.25) is 0 Å². The third kappa shape index (κ3) is 5.43. The van der Waals surface area contributed by atoms with Crippen molar-refractivity contribution in [2.45, 2.75) is 26.2 Å². The number of pyridine rings is 1. The molecule has 0 bridgehead atoms. The average molecular weight is 555 g/mol. The molecule has 4 rings (SSSR count). The van der Waals surface area contributed by atoms with Crippen LogP contribution in [0.5, 0.6) is 0 Å². The van der Waals surface area contributed by atoms with Crippen LogP contribution in [0, 0.1) is 6.92 Å². The molecule has 0 saturated heterocycles. The Morgan fingerprint density at radius 3 is 2.53 bits per heavy atom. The zero-order valence-corrected chi connectivity index (χ0v) is 20.3. The van der Waals surface area contributed by atoms with Crippen molar-refractivity contribution in [1.29, 1.82) is 0 Å². The summed E-state index contributed by atoms with van der Waals surface area (Å²) in [6.45, 7) is 0.820. The first-order valence-corrected chi connectivity index (χ1v) is 11.6. The molecule has 0 spiro atoms. The molecule has 0 atom stereocenters.